The van der Waals surface area contributed by atoms with Crippen LogP contribution in [0.15, 0.2) is 24.5 Å². The Hall–Kier alpha value is -2.32. The maximum absolute atomic E-state index is 11.6. The Morgan fingerprint density at radius 2 is 1.79 bits per heavy atom. The highest BCUT2D eigenvalue weighted by Gasteiger charge is 2.54. The topological polar surface area (TPSA) is 103 Å². The summed E-state index contributed by atoms with van der Waals surface area (Å²) in [5.41, 5.74) is 0.444. The first kappa shape index (κ1) is 18.0. The van der Waals surface area contributed by atoms with E-state index in [2.05, 4.69) is 0 Å². The monoisotopic (exact) mass is 338 g/mol. The van der Waals surface area contributed by atoms with Crippen molar-refractivity contribution in [3.05, 3.63) is 30.1 Å². The molecule has 0 spiro atoms. The lowest BCUT2D eigenvalue weighted by Gasteiger charge is -2.20. The van der Waals surface area contributed by atoms with Crippen LogP contribution in [-0.4, -0.2) is 47.7 Å². The molecule has 1 unspecified atom stereocenters. The van der Waals surface area contributed by atoms with Gasteiger partial charge < -0.3 is 19.3 Å². The minimum absolute atomic E-state index is 0.137. The number of aliphatic hydroxyl groups excluding tert-OH is 1. The van der Waals surface area contributed by atoms with Crippen LogP contribution in [0.2, 0.25) is 0 Å². The van der Waals surface area contributed by atoms with E-state index in [4.69, 9.17) is 14.2 Å². The molecule has 0 amide bonds. The number of hydrogen-bond acceptors (Lipinski definition) is 7. The van der Waals surface area contributed by atoms with Gasteiger partial charge in [0.15, 0.2) is 24.3 Å². The Kier molecular flexibility index (Phi) is 5.63. The first-order chi connectivity index (χ1) is 11.3. The van der Waals surface area contributed by atoms with E-state index in [1.54, 1.807) is 29.1 Å². The summed E-state index contributed by atoms with van der Waals surface area (Å²) in [6, 6.07) is 3.29. The lowest BCUT2D eigenvalue weighted by Crippen LogP contribution is -2.48. The average Bonchev–Trinajstić information content (AvgIpc) is 2.84. The molecule has 1 aromatic rings. The molecule has 1 saturated heterocycles. The maximum atomic E-state index is 11.6. The molecular weight excluding hydrogens is 318 g/mol. The molecule has 8 heteroatoms. The third-order valence-corrected chi connectivity index (χ3v) is 3.59. The molecule has 8 nitrogen and oxygen atoms in total. The number of aromatic nitrogens is 1. The van der Waals surface area contributed by atoms with Gasteiger partial charge in [-0.15, -0.1) is 0 Å². The third-order valence-electron chi connectivity index (χ3n) is 3.59. The van der Waals surface area contributed by atoms with E-state index in [1.165, 1.54) is 20.8 Å². The lowest BCUT2D eigenvalue weighted by atomic mass is 10.1. The van der Waals surface area contributed by atoms with Crippen molar-refractivity contribution in [1.29, 1.82) is 0 Å². The number of ketones is 1. The molecule has 0 aliphatic carbocycles. The highest BCUT2D eigenvalue weighted by Crippen LogP contribution is 2.30. The fraction of sp³-hybridized carbons (Fsp3) is 0.500. The van der Waals surface area contributed by atoms with Crippen LogP contribution in [0, 0.1) is 0 Å². The summed E-state index contributed by atoms with van der Waals surface area (Å²) in [6.45, 7) is 3.46. The fourth-order valence-electron chi connectivity index (χ4n) is 2.61. The van der Waals surface area contributed by atoms with Crippen LogP contribution in [-0.2, 0) is 23.8 Å². The Morgan fingerprint density at radius 3 is 2.33 bits per heavy atom. The molecule has 1 aliphatic heterocycles. The van der Waals surface area contributed by atoms with Gasteiger partial charge in [0.1, 0.15) is 6.10 Å². The zero-order chi connectivity index (χ0) is 17.9. The van der Waals surface area contributed by atoms with Gasteiger partial charge in [0.2, 0.25) is 6.10 Å². The molecule has 4 atom stereocenters. The summed E-state index contributed by atoms with van der Waals surface area (Å²) in [4.78, 5) is 34.3. The second-order valence-corrected chi connectivity index (χ2v) is 5.49. The number of nitrogens with zero attached hydrogens (tertiary/aromatic N) is 1. The second-order valence-electron chi connectivity index (χ2n) is 5.49. The average molecular weight is 338 g/mol. The number of hydrogen-bond donors (Lipinski definition) is 1. The first-order valence-electron chi connectivity index (χ1n) is 7.46. The van der Waals surface area contributed by atoms with Crippen LogP contribution < -0.4 is 4.57 Å². The summed E-state index contributed by atoms with van der Waals surface area (Å²) < 4.78 is 17.7. The number of rotatable bonds is 5. The normalized spacial score (nSPS) is 26.0. The second kappa shape index (κ2) is 7.50. The van der Waals surface area contributed by atoms with Gasteiger partial charge >= 0.3 is 18.2 Å². The molecule has 0 aromatic carbocycles. The number of carbonyl (C=O) groups is 3. The predicted octanol–water partition coefficient (Wildman–Crippen LogP) is -0.0702. The fourth-order valence-corrected chi connectivity index (χ4v) is 2.61. The highest BCUT2D eigenvalue weighted by molar-refractivity contribution is 5.93. The molecule has 0 saturated carbocycles. The van der Waals surface area contributed by atoms with Crippen molar-refractivity contribution < 1.29 is 38.3 Å². The van der Waals surface area contributed by atoms with E-state index in [0.717, 1.165) is 0 Å². The van der Waals surface area contributed by atoms with Gasteiger partial charge in [-0.05, 0) is 13.0 Å². The lowest BCUT2D eigenvalue weighted by molar-refractivity contribution is -0.765. The minimum Gasteiger partial charge on any atom is -0.455 e. The van der Waals surface area contributed by atoms with Gasteiger partial charge in [-0.1, -0.05) is 0 Å². The summed E-state index contributed by atoms with van der Waals surface area (Å²) in [6.07, 6.45) is -0.399. The van der Waals surface area contributed by atoms with Crippen LogP contribution in [0.5, 0.6) is 0 Å². The number of esters is 2. The molecule has 1 aliphatic rings. The van der Waals surface area contributed by atoms with Gasteiger partial charge in [0.05, 0.1) is 12.2 Å². The smallest absolute Gasteiger partial charge is 0.304 e. The van der Waals surface area contributed by atoms with E-state index in [0.29, 0.717) is 5.56 Å². The molecule has 1 fully saturated rings. The third kappa shape index (κ3) is 3.95. The van der Waals surface area contributed by atoms with Crippen molar-refractivity contribution in [2.45, 2.75) is 45.3 Å². The Balaban J connectivity index is 2.38. The van der Waals surface area contributed by atoms with Crippen molar-refractivity contribution >= 4 is 17.7 Å². The molecule has 1 N–H and O–H groups in total. The van der Waals surface area contributed by atoms with E-state index < -0.39 is 43.1 Å². The molecule has 24 heavy (non-hydrogen) atoms. The highest BCUT2D eigenvalue weighted by atomic mass is 16.6. The van der Waals surface area contributed by atoms with Crippen LogP contribution in [0.25, 0.3) is 0 Å². The van der Waals surface area contributed by atoms with Gasteiger partial charge in [-0.25, -0.2) is 0 Å². The van der Waals surface area contributed by atoms with Gasteiger partial charge in [0.25, 0.3) is 0 Å². The van der Waals surface area contributed by atoms with Crippen molar-refractivity contribution in [3.8, 4) is 0 Å². The Bertz CT molecular complexity index is 645. The van der Waals surface area contributed by atoms with Gasteiger partial charge in [-0.3, -0.25) is 14.4 Å². The molecule has 130 valence electrons. The molecule has 0 bridgehead atoms. The minimum atomic E-state index is -0.949. The number of aliphatic hydroxyl groups is 1. The van der Waals surface area contributed by atoms with Crippen LogP contribution in [0.4, 0.5) is 0 Å². The van der Waals surface area contributed by atoms with Gasteiger partial charge in [0, 0.05) is 19.9 Å². The van der Waals surface area contributed by atoms with E-state index in [1.807, 2.05) is 0 Å². The SMILES string of the molecule is CC(=O)OC1[C@@H](CO)O[C@@H]([n+]2cccc(C(C)=O)c2)[C@H]1OC(C)=O. The first-order valence-corrected chi connectivity index (χ1v) is 7.46. The van der Waals surface area contributed by atoms with Crippen LogP contribution in [0.1, 0.15) is 37.4 Å². The maximum Gasteiger partial charge on any atom is 0.304 e. The summed E-state index contributed by atoms with van der Waals surface area (Å²) in [5, 5.41) is 9.49. The number of carbonyl (C=O) groups excluding carboxylic acids is 3. The number of Topliss-reactive ketones (excluding diaryl/α,β-unsaturated/α-hetero) is 1. The van der Waals surface area contributed by atoms with Crippen LogP contribution in [0.3, 0.4) is 0 Å². The van der Waals surface area contributed by atoms with E-state index >= 15 is 0 Å². The molecular formula is C16H20NO7+. The quantitative estimate of drug-likeness (QED) is 0.455. The standard InChI is InChI=1S/C16H20NO7/c1-9(19)12-5-4-6-17(7-12)16-15(23-11(3)21)14(22-10(2)20)13(8-18)24-16/h4-7,13-16,18H,8H2,1-3H3/q+1/t13-,14?,15+,16-/m1/s1. The van der Waals surface area contributed by atoms with E-state index in [-0.39, 0.29) is 5.78 Å². The van der Waals surface area contributed by atoms with E-state index in [9.17, 15) is 19.5 Å². The molecule has 1 aromatic heterocycles. The zero-order valence-corrected chi connectivity index (χ0v) is 13.7. The molecule has 0 radical (unpaired) electrons. The van der Waals surface area contributed by atoms with Crippen LogP contribution >= 0.6 is 0 Å². The summed E-state index contributed by atoms with van der Waals surface area (Å²) in [7, 11) is 0. The summed E-state index contributed by atoms with van der Waals surface area (Å²) >= 11 is 0. The van der Waals surface area contributed by atoms with Crippen molar-refractivity contribution in [2.75, 3.05) is 6.61 Å². The Morgan fingerprint density at radius 1 is 1.17 bits per heavy atom. The predicted molar refractivity (Wildman–Crippen MR) is 78.7 cm³/mol. The molecule has 2 rings (SSSR count). The van der Waals surface area contributed by atoms with Crippen molar-refractivity contribution in [2.24, 2.45) is 0 Å². The largest absolute Gasteiger partial charge is 0.455 e. The van der Waals surface area contributed by atoms with Gasteiger partial charge in [-0.2, -0.15) is 4.57 Å². The van der Waals surface area contributed by atoms with Crippen molar-refractivity contribution in [1.82, 2.24) is 0 Å². The number of ether oxygens (including phenoxy) is 3. The molecule has 2 heterocycles. The Labute approximate surface area is 138 Å². The summed E-state index contributed by atoms with van der Waals surface area (Å²) in [5.74, 6) is -1.29. The number of pyridine rings is 1. The zero-order valence-electron chi connectivity index (χ0n) is 13.7. The van der Waals surface area contributed by atoms with Crippen molar-refractivity contribution in [3.63, 3.8) is 0 Å².